The second-order valence-electron chi connectivity index (χ2n) is 4.03. The third-order valence-electron chi connectivity index (χ3n) is 2.61. The third kappa shape index (κ3) is 4.24. The van der Waals surface area contributed by atoms with Gasteiger partial charge >= 0.3 is 0 Å². The number of halogens is 1. The van der Waals surface area contributed by atoms with E-state index in [1.165, 1.54) is 0 Å². The summed E-state index contributed by atoms with van der Waals surface area (Å²) in [7, 11) is 0. The van der Waals surface area contributed by atoms with Gasteiger partial charge in [-0.25, -0.2) is 0 Å². The number of hydrogen-bond donors (Lipinski definition) is 0. The van der Waals surface area contributed by atoms with Crippen molar-refractivity contribution in [2.75, 3.05) is 6.61 Å². The summed E-state index contributed by atoms with van der Waals surface area (Å²) >= 11 is 3.47. The fraction of sp³-hybridized carbons (Fsp3) is 0.176. The molecule has 2 heteroatoms. The Labute approximate surface area is 122 Å². The summed E-state index contributed by atoms with van der Waals surface area (Å²) in [5.74, 6) is 6.34. The normalized spacial score (nSPS) is 11.5. The van der Waals surface area contributed by atoms with Gasteiger partial charge in [-0.05, 0) is 36.8 Å². The third-order valence-corrected chi connectivity index (χ3v) is 3.10. The van der Waals surface area contributed by atoms with Crippen LogP contribution in [0.15, 0.2) is 59.1 Å². The molecule has 1 nitrogen and oxygen atoms in total. The fourth-order valence-corrected chi connectivity index (χ4v) is 2.14. The minimum atomic E-state index is -0.192. The first-order valence-corrected chi connectivity index (χ1v) is 7.02. The van der Waals surface area contributed by atoms with Gasteiger partial charge in [0.15, 0.2) is 0 Å². The van der Waals surface area contributed by atoms with Gasteiger partial charge in [-0.2, -0.15) is 0 Å². The van der Waals surface area contributed by atoms with Crippen LogP contribution in [-0.2, 0) is 4.74 Å². The highest BCUT2D eigenvalue weighted by atomic mass is 79.9. The highest BCUT2D eigenvalue weighted by molar-refractivity contribution is 9.10. The fourth-order valence-electron chi connectivity index (χ4n) is 1.73. The van der Waals surface area contributed by atoms with Crippen LogP contribution in [0.4, 0.5) is 0 Å². The minimum Gasteiger partial charge on any atom is -0.361 e. The first kappa shape index (κ1) is 13.9. The Morgan fingerprint density at radius 1 is 1.11 bits per heavy atom. The predicted molar refractivity (Wildman–Crippen MR) is 81.8 cm³/mol. The van der Waals surface area contributed by atoms with Crippen molar-refractivity contribution in [2.24, 2.45) is 0 Å². The number of rotatable bonds is 3. The SMILES string of the molecule is CCOC(C#Cc1ccccc1)c1cccc(Br)c1. The lowest BCUT2D eigenvalue weighted by molar-refractivity contribution is 0.103. The maximum Gasteiger partial charge on any atom is 0.143 e. The van der Waals surface area contributed by atoms with Crippen LogP contribution in [0.2, 0.25) is 0 Å². The molecule has 0 fully saturated rings. The monoisotopic (exact) mass is 314 g/mol. The lowest BCUT2D eigenvalue weighted by Crippen LogP contribution is -2.01. The summed E-state index contributed by atoms with van der Waals surface area (Å²) in [6.45, 7) is 2.62. The summed E-state index contributed by atoms with van der Waals surface area (Å²) in [6.07, 6.45) is -0.192. The van der Waals surface area contributed by atoms with E-state index in [2.05, 4.69) is 27.8 Å². The molecule has 2 rings (SSSR count). The van der Waals surface area contributed by atoms with Crippen molar-refractivity contribution in [3.8, 4) is 11.8 Å². The molecular formula is C17H15BrO. The first-order chi connectivity index (χ1) is 9.29. The van der Waals surface area contributed by atoms with Gasteiger partial charge in [-0.1, -0.05) is 58.1 Å². The average Bonchev–Trinajstić information content (AvgIpc) is 2.44. The molecule has 19 heavy (non-hydrogen) atoms. The van der Waals surface area contributed by atoms with Gasteiger partial charge in [-0.3, -0.25) is 0 Å². The Morgan fingerprint density at radius 3 is 2.58 bits per heavy atom. The molecule has 0 saturated carbocycles. The summed E-state index contributed by atoms with van der Waals surface area (Å²) in [5, 5.41) is 0. The van der Waals surface area contributed by atoms with Crippen LogP contribution in [0.25, 0.3) is 0 Å². The molecule has 96 valence electrons. The maximum absolute atomic E-state index is 5.71. The van der Waals surface area contributed by atoms with Crippen LogP contribution < -0.4 is 0 Å². The molecule has 0 radical (unpaired) electrons. The molecule has 0 heterocycles. The lowest BCUT2D eigenvalue weighted by atomic mass is 10.1. The zero-order chi connectivity index (χ0) is 13.5. The summed E-state index contributed by atoms with van der Waals surface area (Å²) < 4.78 is 6.75. The average molecular weight is 315 g/mol. The van der Waals surface area contributed by atoms with Gasteiger partial charge < -0.3 is 4.74 Å². The molecule has 0 bridgehead atoms. The van der Waals surface area contributed by atoms with E-state index >= 15 is 0 Å². The van der Waals surface area contributed by atoms with E-state index in [0.29, 0.717) is 6.61 Å². The summed E-state index contributed by atoms with van der Waals surface area (Å²) in [6, 6.07) is 18.0. The molecular weight excluding hydrogens is 300 g/mol. The number of hydrogen-bond acceptors (Lipinski definition) is 1. The molecule has 1 unspecified atom stereocenters. The van der Waals surface area contributed by atoms with Crippen molar-refractivity contribution in [3.63, 3.8) is 0 Å². The van der Waals surface area contributed by atoms with Gasteiger partial charge in [0, 0.05) is 16.6 Å². The largest absolute Gasteiger partial charge is 0.361 e. The lowest BCUT2D eigenvalue weighted by Gasteiger charge is -2.11. The zero-order valence-corrected chi connectivity index (χ0v) is 12.4. The van der Waals surface area contributed by atoms with E-state index in [1.54, 1.807) is 0 Å². The van der Waals surface area contributed by atoms with Crippen LogP contribution >= 0.6 is 15.9 Å². The Morgan fingerprint density at radius 2 is 1.89 bits per heavy atom. The smallest absolute Gasteiger partial charge is 0.143 e. The van der Waals surface area contributed by atoms with Crippen LogP contribution in [0.5, 0.6) is 0 Å². The summed E-state index contributed by atoms with van der Waals surface area (Å²) in [5.41, 5.74) is 2.07. The molecule has 0 aromatic heterocycles. The van der Waals surface area contributed by atoms with E-state index in [1.807, 2.05) is 61.5 Å². The van der Waals surface area contributed by atoms with Crippen LogP contribution in [0, 0.1) is 11.8 Å². The molecule has 0 aliphatic heterocycles. The standard InChI is InChI=1S/C17H15BrO/c1-2-19-17(15-9-6-10-16(18)13-15)12-11-14-7-4-3-5-8-14/h3-10,13,17H,2H2,1H3. The molecule has 0 N–H and O–H groups in total. The molecule has 0 saturated heterocycles. The second-order valence-corrected chi connectivity index (χ2v) is 4.94. The van der Waals surface area contributed by atoms with E-state index in [-0.39, 0.29) is 6.10 Å². The Bertz CT molecular complexity index is 581. The van der Waals surface area contributed by atoms with E-state index in [9.17, 15) is 0 Å². The minimum absolute atomic E-state index is 0.192. The van der Waals surface area contributed by atoms with Gasteiger partial charge in [0.2, 0.25) is 0 Å². The summed E-state index contributed by atoms with van der Waals surface area (Å²) in [4.78, 5) is 0. The van der Waals surface area contributed by atoms with E-state index in [0.717, 1.165) is 15.6 Å². The molecule has 0 amide bonds. The quantitative estimate of drug-likeness (QED) is 0.754. The van der Waals surface area contributed by atoms with Gasteiger partial charge in [0.1, 0.15) is 6.10 Å². The van der Waals surface area contributed by atoms with E-state index in [4.69, 9.17) is 4.74 Å². The van der Waals surface area contributed by atoms with Crippen molar-refractivity contribution in [3.05, 3.63) is 70.2 Å². The van der Waals surface area contributed by atoms with Crippen molar-refractivity contribution in [1.29, 1.82) is 0 Å². The van der Waals surface area contributed by atoms with Gasteiger partial charge in [-0.15, -0.1) is 0 Å². The number of benzene rings is 2. The Kier molecular flexibility index (Phi) is 5.20. The zero-order valence-electron chi connectivity index (χ0n) is 10.8. The topological polar surface area (TPSA) is 9.23 Å². The molecule has 2 aromatic rings. The predicted octanol–water partition coefficient (Wildman–Crippen LogP) is 4.58. The van der Waals surface area contributed by atoms with Crippen LogP contribution in [0.1, 0.15) is 24.2 Å². The maximum atomic E-state index is 5.71. The highest BCUT2D eigenvalue weighted by Crippen LogP contribution is 2.20. The highest BCUT2D eigenvalue weighted by Gasteiger charge is 2.07. The second kappa shape index (κ2) is 7.13. The molecule has 2 aromatic carbocycles. The Balaban J connectivity index is 2.24. The van der Waals surface area contributed by atoms with Crippen molar-refractivity contribution >= 4 is 15.9 Å². The molecule has 0 aliphatic carbocycles. The van der Waals surface area contributed by atoms with Crippen molar-refractivity contribution < 1.29 is 4.74 Å². The van der Waals surface area contributed by atoms with Crippen molar-refractivity contribution in [1.82, 2.24) is 0 Å². The van der Waals surface area contributed by atoms with Crippen LogP contribution in [-0.4, -0.2) is 6.61 Å². The van der Waals surface area contributed by atoms with Crippen LogP contribution in [0.3, 0.4) is 0 Å². The Hall–Kier alpha value is -1.56. The number of ether oxygens (including phenoxy) is 1. The molecule has 0 aliphatic rings. The molecule has 0 spiro atoms. The van der Waals surface area contributed by atoms with Gasteiger partial charge in [0.05, 0.1) is 0 Å². The van der Waals surface area contributed by atoms with E-state index < -0.39 is 0 Å². The first-order valence-electron chi connectivity index (χ1n) is 6.23. The molecule has 1 atom stereocenters. The van der Waals surface area contributed by atoms with Crippen molar-refractivity contribution in [2.45, 2.75) is 13.0 Å². The van der Waals surface area contributed by atoms with Gasteiger partial charge in [0.25, 0.3) is 0 Å².